The molecule has 74 heavy (non-hydrogen) atoms. The molecule has 0 saturated carbocycles. The second kappa shape index (κ2) is 36.7. The molecule has 0 fully saturated rings. The van der Waals surface area contributed by atoms with Crippen LogP contribution in [-0.2, 0) is 0 Å². The molecular formula is C60H78Br4N6OSe3. The van der Waals surface area contributed by atoms with Crippen molar-refractivity contribution in [1.29, 1.82) is 0 Å². The zero-order valence-corrected chi connectivity index (χ0v) is 55.8. The fraction of sp³-hybridized carbons (Fsp3) is 0.400. The Morgan fingerprint density at radius 1 is 0.568 bits per heavy atom. The predicted octanol–water partition coefficient (Wildman–Crippen LogP) is 7.18. The fourth-order valence-electron chi connectivity index (χ4n) is 8.01. The Morgan fingerprint density at radius 3 is 1.61 bits per heavy atom. The maximum atomic E-state index is 5.04. The Hall–Kier alpha value is -2.28. The van der Waals surface area contributed by atoms with E-state index in [9.17, 15) is 0 Å². The first-order valence-corrected chi connectivity index (χ1v) is 33.0. The third-order valence-corrected chi connectivity index (χ3v) is 20.2. The van der Waals surface area contributed by atoms with Gasteiger partial charge in [0.25, 0.3) is 0 Å². The Morgan fingerprint density at radius 2 is 1.08 bits per heavy atom. The van der Waals surface area contributed by atoms with Crippen molar-refractivity contribution in [3.63, 3.8) is 0 Å². The van der Waals surface area contributed by atoms with Crippen LogP contribution in [0.4, 0.5) is 17.1 Å². The first-order chi connectivity index (χ1) is 34.8. The fourth-order valence-corrected chi connectivity index (χ4v) is 15.9. The van der Waals surface area contributed by atoms with Crippen LogP contribution in [0.5, 0.6) is 0 Å². The van der Waals surface area contributed by atoms with Crippen LogP contribution in [0, 0.1) is 0 Å². The Kier molecular flexibility index (Phi) is 32.8. The van der Waals surface area contributed by atoms with Crippen molar-refractivity contribution in [2.24, 2.45) is 0 Å². The van der Waals surface area contributed by atoms with Crippen LogP contribution < -0.4 is 68.4 Å². The van der Waals surface area contributed by atoms with Crippen LogP contribution in [0.2, 0.25) is 0 Å². The summed E-state index contributed by atoms with van der Waals surface area (Å²) in [7, 11) is 0. The number of anilines is 3. The summed E-state index contributed by atoms with van der Waals surface area (Å²) in [5, 5.41) is 8.23. The van der Waals surface area contributed by atoms with E-state index in [1.165, 1.54) is 150 Å². The molecule has 0 bridgehead atoms. The number of halogens is 4. The summed E-state index contributed by atoms with van der Waals surface area (Å²) in [5.41, 5.74) is 8.49. The van der Waals surface area contributed by atoms with Gasteiger partial charge in [-0.1, -0.05) is 26.7 Å². The van der Waals surface area contributed by atoms with E-state index >= 15 is 0 Å². The molecule has 3 heterocycles. The van der Waals surface area contributed by atoms with Gasteiger partial charge in [0.1, 0.15) is 0 Å². The van der Waals surface area contributed by atoms with Crippen molar-refractivity contribution in [2.45, 2.75) is 119 Å². The van der Waals surface area contributed by atoms with E-state index in [-0.39, 0.29) is 39.4 Å². The summed E-state index contributed by atoms with van der Waals surface area (Å²) in [5.74, 6) is 0. The molecule has 1 aromatic heterocycles. The van der Waals surface area contributed by atoms with Gasteiger partial charge < -0.3 is 44.8 Å². The zero-order chi connectivity index (χ0) is 50.2. The molecule has 0 spiro atoms. The standard InChI is InChI=1S/C28H42N3Se.C12H6Br2NSe.C12H9NSe.C8H19N.2BrH.H2O/c1-5-9-17-30(18-10-6-2)23-13-15-25-27(21-23)32-28-22-24(14-16-26(28)29-25)31(19-11-7-3)20-12-8-4;13-7-1-3-9-11(5-7)16-12-6-8(14)2-4-10(12)15-9;1-3-7-11-9(5-1)13-10-6-2-4-8-12(10)14-11;1-3-5-7-9-8-6-4-2;;;/h13-16,21-22H,5-12,17-20H2,1-4H3;1-6H;1-8,13H;9H,3-8H2,1-2H3;2*1H;1H2/q2*+1;;;;;/p-2. The molecule has 0 radical (unpaired) electrons. The maximum absolute atomic E-state index is 5.04. The van der Waals surface area contributed by atoms with Crippen LogP contribution in [0.15, 0.2) is 130 Å². The van der Waals surface area contributed by atoms with Crippen molar-refractivity contribution in [2.75, 3.05) is 49.5 Å². The van der Waals surface area contributed by atoms with Gasteiger partial charge in [0.15, 0.2) is 0 Å². The summed E-state index contributed by atoms with van der Waals surface area (Å²) in [6, 6.07) is 43.6. The van der Waals surface area contributed by atoms with Crippen LogP contribution in [0.1, 0.15) is 119 Å². The SMILES string of the molecule is Brc1ccc2nc3ccc(Br)cc3[se+]c2c1.CCCCN(CCCC)c1ccc2nc3ccc(=[N+](CCCC)CCCC)cc-3[se]c2c1.CCCCNCCCC.O.[Br-].[Br-].c1ccc2c(c1)Nc1ccccc1[Se]2. The van der Waals surface area contributed by atoms with Gasteiger partial charge in [0.2, 0.25) is 0 Å². The van der Waals surface area contributed by atoms with E-state index in [4.69, 9.17) is 4.98 Å². The molecule has 0 atom stereocenters. The third kappa shape index (κ3) is 20.8. The molecule has 4 N–H and O–H groups in total. The molecule has 14 heteroatoms. The number of hydrogen-bond donors (Lipinski definition) is 2. The Bertz CT molecular complexity index is 2750. The predicted molar refractivity (Wildman–Crippen MR) is 326 cm³/mol. The van der Waals surface area contributed by atoms with Crippen LogP contribution in [0.25, 0.3) is 39.5 Å². The molecule has 7 nitrogen and oxygen atoms in total. The van der Waals surface area contributed by atoms with E-state index in [1.807, 2.05) is 12.1 Å². The van der Waals surface area contributed by atoms with Gasteiger partial charge in [0.05, 0.1) is 0 Å². The van der Waals surface area contributed by atoms with Crippen LogP contribution in [-0.4, -0.2) is 98.7 Å². The quantitative estimate of drug-likeness (QED) is 0.0388. The molecule has 0 saturated heterocycles. The van der Waals surface area contributed by atoms with Gasteiger partial charge >= 0.3 is 407 Å². The van der Waals surface area contributed by atoms with Crippen molar-refractivity contribution in [3.8, 4) is 10.1 Å². The number of rotatable bonds is 19. The molecule has 400 valence electrons. The molecule has 5 aromatic carbocycles. The zero-order valence-electron chi connectivity index (χ0n) is 44.3. The number of unbranched alkanes of at least 4 members (excludes halogenated alkanes) is 6. The van der Waals surface area contributed by atoms with Crippen molar-refractivity contribution >= 4 is 131 Å². The molecular weight excluding hydrogens is 1380 g/mol. The summed E-state index contributed by atoms with van der Waals surface area (Å²) < 4.78 is 13.3. The third-order valence-electron chi connectivity index (χ3n) is 12.2. The summed E-state index contributed by atoms with van der Waals surface area (Å²) in [4.78, 5) is 12.3. The first kappa shape index (κ1) is 66.0. The van der Waals surface area contributed by atoms with Gasteiger partial charge in [-0.2, -0.15) is 0 Å². The van der Waals surface area contributed by atoms with Gasteiger partial charge in [-0.05, 0) is 25.9 Å². The number of benzene rings is 6. The number of para-hydroxylation sites is 2. The minimum atomic E-state index is 0. The van der Waals surface area contributed by atoms with Crippen molar-refractivity contribution < 1.29 is 39.4 Å². The van der Waals surface area contributed by atoms with Crippen LogP contribution in [0.3, 0.4) is 0 Å². The summed E-state index contributed by atoms with van der Waals surface area (Å²) in [6.07, 6.45) is 15.3. The van der Waals surface area contributed by atoms with Crippen molar-refractivity contribution in [3.05, 3.63) is 136 Å². The van der Waals surface area contributed by atoms with Gasteiger partial charge in [0, 0.05) is 0 Å². The summed E-state index contributed by atoms with van der Waals surface area (Å²) in [6.45, 7) is 20.6. The van der Waals surface area contributed by atoms with E-state index in [0.717, 1.165) is 46.2 Å². The van der Waals surface area contributed by atoms with E-state index in [0.29, 0.717) is 44.0 Å². The number of nitrogens with zero attached hydrogens (tertiary/aromatic N) is 4. The molecule has 9 rings (SSSR count). The second-order valence-corrected chi connectivity index (χ2v) is 26.7. The van der Waals surface area contributed by atoms with E-state index < -0.39 is 0 Å². The second-order valence-electron chi connectivity index (χ2n) is 18.0. The molecule has 0 amide bonds. The normalized spacial score (nSPS) is 10.9. The number of hydrogen-bond acceptors (Lipinski definition) is 5. The monoisotopic (exact) mass is 1450 g/mol. The molecule has 2 aliphatic heterocycles. The number of fused-ring (bicyclic) bond motifs is 6. The molecule has 3 aliphatic rings. The van der Waals surface area contributed by atoms with Gasteiger partial charge in [-0.15, -0.1) is 0 Å². The minimum absolute atomic E-state index is 0. The number of nitrogens with one attached hydrogen (secondary N) is 2. The average molecular weight is 1460 g/mol. The van der Waals surface area contributed by atoms with E-state index in [1.54, 1.807) is 0 Å². The molecule has 1 aliphatic carbocycles. The van der Waals surface area contributed by atoms with Gasteiger partial charge in [-0.3, -0.25) is 0 Å². The number of aromatic nitrogens is 2. The topological polar surface area (TPSA) is 87.6 Å². The first-order valence-electron chi connectivity index (χ1n) is 26.3. The summed E-state index contributed by atoms with van der Waals surface area (Å²) >= 11 is 8.12. The molecule has 6 aromatic rings. The Balaban J connectivity index is 0.000000287. The Labute approximate surface area is 499 Å². The van der Waals surface area contributed by atoms with Crippen molar-refractivity contribution in [1.82, 2.24) is 19.9 Å². The van der Waals surface area contributed by atoms with E-state index in [2.05, 4.69) is 208 Å². The molecule has 0 unspecified atom stereocenters. The average Bonchev–Trinajstić information content (AvgIpc) is 3.39. The van der Waals surface area contributed by atoms with Gasteiger partial charge in [-0.25, -0.2) is 0 Å². The van der Waals surface area contributed by atoms with Crippen LogP contribution >= 0.6 is 31.9 Å².